The fourth-order valence-corrected chi connectivity index (χ4v) is 1.83. The highest BCUT2D eigenvalue weighted by Crippen LogP contribution is 2.09. The highest BCUT2D eigenvalue weighted by molar-refractivity contribution is 7.99. The lowest BCUT2D eigenvalue weighted by molar-refractivity contribution is 0.479. The summed E-state index contributed by atoms with van der Waals surface area (Å²) in [5, 5.41) is 14.2. The lowest BCUT2D eigenvalue weighted by Gasteiger charge is -2.09. The summed E-state index contributed by atoms with van der Waals surface area (Å²) in [7, 11) is 0. The number of hydrogen-bond acceptors (Lipinski definition) is 6. The Bertz CT molecular complexity index is 292. The SMILES string of the molecule is CCNCc1nnc(NC(C)CSCC)o1. The molecular weight excluding hydrogens is 224 g/mol. The second kappa shape index (κ2) is 7.51. The topological polar surface area (TPSA) is 63.0 Å². The van der Waals surface area contributed by atoms with Crippen LogP contribution in [0.25, 0.3) is 0 Å². The molecule has 0 spiro atoms. The van der Waals surface area contributed by atoms with Crippen molar-refractivity contribution in [2.24, 2.45) is 0 Å². The van der Waals surface area contributed by atoms with Crippen molar-refractivity contribution < 1.29 is 4.42 Å². The molecule has 0 fully saturated rings. The van der Waals surface area contributed by atoms with Gasteiger partial charge in [0.25, 0.3) is 0 Å². The average molecular weight is 244 g/mol. The number of rotatable bonds is 8. The van der Waals surface area contributed by atoms with E-state index in [2.05, 4.69) is 34.7 Å². The van der Waals surface area contributed by atoms with Crippen molar-refractivity contribution in [2.45, 2.75) is 33.4 Å². The molecule has 1 atom stereocenters. The number of thioether (sulfide) groups is 1. The summed E-state index contributed by atoms with van der Waals surface area (Å²) in [6.07, 6.45) is 0. The van der Waals surface area contributed by atoms with Gasteiger partial charge in [-0.05, 0) is 19.2 Å². The maximum absolute atomic E-state index is 5.43. The van der Waals surface area contributed by atoms with Crippen LogP contribution in [0.3, 0.4) is 0 Å². The molecule has 16 heavy (non-hydrogen) atoms. The van der Waals surface area contributed by atoms with E-state index in [0.29, 0.717) is 24.5 Å². The maximum atomic E-state index is 5.43. The van der Waals surface area contributed by atoms with Crippen LogP contribution < -0.4 is 10.6 Å². The Morgan fingerprint density at radius 1 is 1.38 bits per heavy atom. The molecule has 1 aromatic rings. The Morgan fingerprint density at radius 3 is 2.88 bits per heavy atom. The molecule has 0 aliphatic heterocycles. The molecule has 6 heteroatoms. The lowest BCUT2D eigenvalue weighted by Crippen LogP contribution is -2.18. The van der Waals surface area contributed by atoms with E-state index in [1.54, 1.807) is 0 Å². The van der Waals surface area contributed by atoms with Gasteiger partial charge in [-0.15, -0.1) is 5.10 Å². The van der Waals surface area contributed by atoms with Crippen LogP contribution in [0.2, 0.25) is 0 Å². The first-order valence-electron chi connectivity index (χ1n) is 5.63. The third-order valence-electron chi connectivity index (χ3n) is 1.93. The van der Waals surface area contributed by atoms with Crippen LogP contribution in [0.4, 0.5) is 6.01 Å². The van der Waals surface area contributed by atoms with Crippen LogP contribution in [-0.4, -0.2) is 34.3 Å². The molecule has 1 aromatic heterocycles. The zero-order valence-corrected chi connectivity index (χ0v) is 10.9. The van der Waals surface area contributed by atoms with Crippen LogP contribution in [0.1, 0.15) is 26.7 Å². The average Bonchev–Trinajstić information content (AvgIpc) is 2.71. The van der Waals surface area contributed by atoms with Gasteiger partial charge in [0.2, 0.25) is 5.89 Å². The van der Waals surface area contributed by atoms with E-state index in [0.717, 1.165) is 18.1 Å². The standard InChI is InChI=1S/C10H20N4OS/c1-4-11-6-9-13-14-10(15-9)12-8(3)7-16-5-2/h8,11H,4-7H2,1-3H3,(H,12,14). The summed E-state index contributed by atoms with van der Waals surface area (Å²) in [6.45, 7) is 7.83. The van der Waals surface area contributed by atoms with E-state index >= 15 is 0 Å². The van der Waals surface area contributed by atoms with E-state index in [1.807, 2.05) is 18.7 Å². The zero-order chi connectivity index (χ0) is 11.8. The minimum atomic E-state index is 0.345. The van der Waals surface area contributed by atoms with Gasteiger partial charge in [0.15, 0.2) is 0 Å². The van der Waals surface area contributed by atoms with E-state index < -0.39 is 0 Å². The quantitative estimate of drug-likeness (QED) is 0.726. The van der Waals surface area contributed by atoms with Crippen molar-refractivity contribution >= 4 is 17.8 Å². The number of nitrogens with zero attached hydrogens (tertiary/aromatic N) is 2. The monoisotopic (exact) mass is 244 g/mol. The summed E-state index contributed by atoms with van der Waals surface area (Å²) < 4.78 is 5.43. The normalized spacial score (nSPS) is 12.7. The van der Waals surface area contributed by atoms with Gasteiger partial charge in [-0.25, -0.2) is 0 Å². The molecule has 1 unspecified atom stereocenters. The van der Waals surface area contributed by atoms with Crippen LogP contribution in [0.15, 0.2) is 4.42 Å². The third kappa shape index (κ3) is 4.85. The van der Waals surface area contributed by atoms with Crippen LogP contribution >= 0.6 is 11.8 Å². The number of aromatic nitrogens is 2. The van der Waals surface area contributed by atoms with E-state index in [9.17, 15) is 0 Å². The molecule has 0 bridgehead atoms. The van der Waals surface area contributed by atoms with Gasteiger partial charge < -0.3 is 15.1 Å². The van der Waals surface area contributed by atoms with Gasteiger partial charge in [-0.1, -0.05) is 18.9 Å². The first kappa shape index (κ1) is 13.3. The van der Waals surface area contributed by atoms with Gasteiger partial charge in [-0.3, -0.25) is 0 Å². The Morgan fingerprint density at radius 2 is 2.19 bits per heavy atom. The first-order valence-corrected chi connectivity index (χ1v) is 6.79. The van der Waals surface area contributed by atoms with Crippen molar-refractivity contribution in [1.29, 1.82) is 0 Å². The highest BCUT2D eigenvalue weighted by atomic mass is 32.2. The molecule has 0 saturated carbocycles. The van der Waals surface area contributed by atoms with Crippen molar-refractivity contribution in [3.63, 3.8) is 0 Å². The minimum absolute atomic E-state index is 0.345. The molecular formula is C10H20N4OS. The Labute approximate surface area is 101 Å². The molecule has 1 heterocycles. The van der Waals surface area contributed by atoms with Crippen molar-refractivity contribution in [1.82, 2.24) is 15.5 Å². The zero-order valence-electron chi connectivity index (χ0n) is 10.1. The smallest absolute Gasteiger partial charge is 0.315 e. The molecule has 0 aliphatic rings. The molecule has 2 N–H and O–H groups in total. The Balaban J connectivity index is 2.33. The molecule has 0 radical (unpaired) electrons. The molecule has 0 aromatic carbocycles. The van der Waals surface area contributed by atoms with Crippen LogP contribution in [-0.2, 0) is 6.54 Å². The van der Waals surface area contributed by atoms with Gasteiger partial charge in [-0.2, -0.15) is 11.8 Å². The summed E-state index contributed by atoms with van der Waals surface area (Å²) in [5.41, 5.74) is 0. The molecule has 5 nitrogen and oxygen atoms in total. The van der Waals surface area contributed by atoms with Crippen LogP contribution in [0.5, 0.6) is 0 Å². The van der Waals surface area contributed by atoms with Crippen molar-refractivity contribution in [3.05, 3.63) is 5.89 Å². The van der Waals surface area contributed by atoms with Crippen LogP contribution in [0, 0.1) is 0 Å². The Hall–Kier alpha value is -0.750. The second-order valence-corrected chi connectivity index (χ2v) is 4.81. The van der Waals surface area contributed by atoms with Gasteiger partial charge in [0.1, 0.15) is 0 Å². The summed E-state index contributed by atoms with van der Waals surface area (Å²) in [4.78, 5) is 0. The number of nitrogens with one attached hydrogen (secondary N) is 2. The summed E-state index contributed by atoms with van der Waals surface area (Å²) in [5.74, 6) is 2.79. The largest absolute Gasteiger partial charge is 0.407 e. The molecule has 92 valence electrons. The van der Waals surface area contributed by atoms with E-state index in [4.69, 9.17) is 4.42 Å². The van der Waals surface area contributed by atoms with E-state index in [-0.39, 0.29) is 0 Å². The number of anilines is 1. The summed E-state index contributed by atoms with van der Waals surface area (Å²) >= 11 is 1.89. The summed E-state index contributed by atoms with van der Waals surface area (Å²) in [6, 6.07) is 0.856. The highest BCUT2D eigenvalue weighted by Gasteiger charge is 2.08. The minimum Gasteiger partial charge on any atom is -0.407 e. The van der Waals surface area contributed by atoms with Gasteiger partial charge in [0.05, 0.1) is 6.54 Å². The molecule has 0 aliphatic carbocycles. The molecule has 0 saturated heterocycles. The molecule has 0 amide bonds. The first-order chi connectivity index (χ1) is 7.76. The lowest BCUT2D eigenvalue weighted by atomic mass is 10.4. The predicted molar refractivity (Wildman–Crippen MR) is 67.8 cm³/mol. The van der Waals surface area contributed by atoms with Gasteiger partial charge >= 0.3 is 6.01 Å². The maximum Gasteiger partial charge on any atom is 0.315 e. The fraction of sp³-hybridized carbons (Fsp3) is 0.800. The van der Waals surface area contributed by atoms with Gasteiger partial charge in [0, 0.05) is 11.8 Å². The third-order valence-corrected chi connectivity index (χ3v) is 3.08. The van der Waals surface area contributed by atoms with E-state index in [1.165, 1.54) is 0 Å². The second-order valence-electron chi connectivity index (χ2n) is 3.49. The number of hydrogen-bond donors (Lipinski definition) is 2. The fourth-order valence-electron chi connectivity index (χ4n) is 1.16. The van der Waals surface area contributed by atoms with Crippen molar-refractivity contribution in [3.8, 4) is 0 Å². The van der Waals surface area contributed by atoms with Crippen molar-refractivity contribution in [2.75, 3.05) is 23.4 Å². The molecule has 1 rings (SSSR count). The predicted octanol–water partition coefficient (Wildman–Crippen LogP) is 1.73. The Kier molecular flexibility index (Phi) is 6.25.